The first-order valence-corrected chi connectivity index (χ1v) is 6.14. The minimum atomic E-state index is -0.387. The number of nitrogens with two attached hydrogens (primary N) is 1. The molecule has 0 atom stereocenters. The average molecular weight is 263 g/mol. The van der Waals surface area contributed by atoms with Crippen LogP contribution in [0.3, 0.4) is 0 Å². The van der Waals surface area contributed by atoms with Crippen molar-refractivity contribution in [3.63, 3.8) is 0 Å². The van der Waals surface area contributed by atoms with Crippen molar-refractivity contribution in [1.29, 1.82) is 0 Å². The van der Waals surface area contributed by atoms with E-state index in [0.717, 1.165) is 22.8 Å². The van der Waals surface area contributed by atoms with Gasteiger partial charge in [0.05, 0.1) is 12.8 Å². The normalized spacial score (nSPS) is 10.8. The molecular formula is C14H18FN3O. The second-order valence-electron chi connectivity index (χ2n) is 4.40. The molecule has 5 heteroatoms. The van der Waals surface area contributed by atoms with E-state index < -0.39 is 0 Å². The number of aryl methyl sites for hydroxylation is 1. The van der Waals surface area contributed by atoms with Crippen LogP contribution in [0, 0.1) is 12.7 Å². The summed E-state index contributed by atoms with van der Waals surface area (Å²) in [4.78, 5) is 4.50. The zero-order chi connectivity index (χ0) is 14.0. The molecule has 19 heavy (non-hydrogen) atoms. The molecule has 1 aromatic heterocycles. The number of nitrogens with zero attached hydrogens (tertiary/aromatic N) is 2. The van der Waals surface area contributed by atoms with Crippen LogP contribution in [0.2, 0.25) is 0 Å². The molecule has 0 fully saturated rings. The molecule has 2 N–H and O–H groups in total. The smallest absolute Gasteiger partial charge is 0.165 e. The van der Waals surface area contributed by atoms with Crippen molar-refractivity contribution in [1.82, 2.24) is 9.55 Å². The van der Waals surface area contributed by atoms with Gasteiger partial charge in [0.25, 0.3) is 0 Å². The second kappa shape index (κ2) is 5.40. The molecular weight excluding hydrogens is 245 g/mol. The second-order valence-corrected chi connectivity index (χ2v) is 4.40. The van der Waals surface area contributed by atoms with Gasteiger partial charge in [-0.15, -0.1) is 0 Å². The van der Waals surface area contributed by atoms with Crippen LogP contribution >= 0.6 is 0 Å². The van der Waals surface area contributed by atoms with Crippen molar-refractivity contribution in [3.8, 4) is 17.0 Å². The molecule has 1 heterocycles. The SMILES string of the molecule is COc1ccc(-c2nc(C)n(C)c2CCN)cc1F. The van der Waals surface area contributed by atoms with Gasteiger partial charge < -0.3 is 15.0 Å². The van der Waals surface area contributed by atoms with Crippen LogP contribution in [-0.4, -0.2) is 23.2 Å². The zero-order valence-electron chi connectivity index (χ0n) is 11.4. The van der Waals surface area contributed by atoms with E-state index in [2.05, 4.69) is 4.98 Å². The molecule has 0 saturated heterocycles. The zero-order valence-corrected chi connectivity index (χ0v) is 11.4. The summed E-state index contributed by atoms with van der Waals surface area (Å²) in [5.74, 6) is 0.730. The lowest BCUT2D eigenvalue weighted by Gasteiger charge is -2.07. The van der Waals surface area contributed by atoms with Gasteiger partial charge in [-0.2, -0.15) is 0 Å². The van der Waals surface area contributed by atoms with Gasteiger partial charge in [0, 0.05) is 24.7 Å². The van der Waals surface area contributed by atoms with E-state index in [4.69, 9.17) is 10.5 Å². The molecule has 0 saturated carbocycles. The van der Waals surface area contributed by atoms with Gasteiger partial charge in [-0.3, -0.25) is 0 Å². The van der Waals surface area contributed by atoms with Gasteiger partial charge in [0.1, 0.15) is 5.82 Å². The Bertz CT molecular complexity index is 593. The van der Waals surface area contributed by atoms with Crippen molar-refractivity contribution >= 4 is 0 Å². The number of methoxy groups -OCH3 is 1. The number of hydrogen-bond acceptors (Lipinski definition) is 3. The van der Waals surface area contributed by atoms with E-state index in [1.165, 1.54) is 13.2 Å². The maximum Gasteiger partial charge on any atom is 0.165 e. The van der Waals surface area contributed by atoms with Gasteiger partial charge in [-0.05, 0) is 31.7 Å². The molecule has 0 amide bonds. The summed E-state index contributed by atoms with van der Waals surface area (Å²) in [7, 11) is 3.39. The highest BCUT2D eigenvalue weighted by Crippen LogP contribution is 2.28. The molecule has 2 aromatic rings. The first-order chi connectivity index (χ1) is 9.08. The van der Waals surface area contributed by atoms with Crippen molar-refractivity contribution in [2.45, 2.75) is 13.3 Å². The lowest BCUT2D eigenvalue weighted by atomic mass is 10.1. The van der Waals surface area contributed by atoms with E-state index in [9.17, 15) is 4.39 Å². The third-order valence-corrected chi connectivity index (χ3v) is 3.24. The largest absolute Gasteiger partial charge is 0.494 e. The van der Waals surface area contributed by atoms with Gasteiger partial charge in [0.2, 0.25) is 0 Å². The van der Waals surface area contributed by atoms with Crippen LogP contribution in [0.5, 0.6) is 5.75 Å². The predicted octanol–water partition coefficient (Wildman–Crippen LogP) is 2.04. The van der Waals surface area contributed by atoms with Gasteiger partial charge in [-0.1, -0.05) is 0 Å². The first-order valence-electron chi connectivity index (χ1n) is 6.14. The van der Waals surface area contributed by atoms with E-state index >= 15 is 0 Å². The Balaban J connectivity index is 2.52. The van der Waals surface area contributed by atoms with Crippen molar-refractivity contribution in [2.24, 2.45) is 12.8 Å². The van der Waals surface area contributed by atoms with Gasteiger partial charge >= 0.3 is 0 Å². The number of imidazole rings is 1. The number of ether oxygens (including phenoxy) is 1. The highest BCUT2D eigenvalue weighted by atomic mass is 19.1. The molecule has 0 radical (unpaired) electrons. The van der Waals surface area contributed by atoms with Crippen LogP contribution in [-0.2, 0) is 13.5 Å². The van der Waals surface area contributed by atoms with Crippen LogP contribution in [0.4, 0.5) is 4.39 Å². The van der Waals surface area contributed by atoms with Crippen LogP contribution < -0.4 is 10.5 Å². The summed E-state index contributed by atoms with van der Waals surface area (Å²) in [5.41, 5.74) is 8.17. The minimum Gasteiger partial charge on any atom is -0.494 e. The summed E-state index contributed by atoms with van der Waals surface area (Å²) in [5, 5.41) is 0. The molecule has 4 nitrogen and oxygen atoms in total. The topological polar surface area (TPSA) is 53.1 Å². The number of aromatic nitrogens is 2. The summed E-state index contributed by atoms with van der Waals surface area (Å²) in [6.07, 6.45) is 0.709. The highest BCUT2D eigenvalue weighted by molar-refractivity contribution is 5.63. The molecule has 0 aliphatic carbocycles. The van der Waals surface area contributed by atoms with Crippen LogP contribution in [0.1, 0.15) is 11.5 Å². The Morgan fingerprint density at radius 3 is 2.74 bits per heavy atom. The van der Waals surface area contributed by atoms with Crippen molar-refractivity contribution in [3.05, 3.63) is 35.5 Å². The molecule has 0 bridgehead atoms. The molecule has 0 aliphatic rings. The Labute approximate surface area is 112 Å². The summed E-state index contributed by atoms with van der Waals surface area (Å²) in [6, 6.07) is 4.87. The lowest BCUT2D eigenvalue weighted by Crippen LogP contribution is -2.08. The molecule has 0 unspecified atom stereocenters. The Kier molecular flexibility index (Phi) is 3.85. The quantitative estimate of drug-likeness (QED) is 0.918. The third kappa shape index (κ3) is 2.46. The molecule has 2 rings (SSSR count). The molecule has 0 aliphatic heterocycles. The van der Waals surface area contributed by atoms with E-state index in [1.807, 2.05) is 24.6 Å². The monoisotopic (exact) mass is 263 g/mol. The third-order valence-electron chi connectivity index (χ3n) is 3.24. The van der Waals surface area contributed by atoms with Crippen LogP contribution in [0.15, 0.2) is 18.2 Å². The maximum atomic E-state index is 13.8. The number of hydrogen-bond donors (Lipinski definition) is 1. The molecule has 0 spiro atoms. The lowest BCUT2D eigenvalue weighted by molar-refractivity contribution is 0.386. The summed E-state index contributed by atoms with van der Waals surface area (Å²) in [6.45, 7) is 2.45. The molecule has 1 aromatic carbocycles. The first kappa shape index (κ1) is 13.5. The number of benzene rings is 1. The Hall–Kier alpha value is -1.88. The fourth-order valence-electron chi connectivity index (χ4n) is 2.12. The maximum absolute atomic E-state index is 13.8. The van der Waals surface area contributed by atoms with Gasteiger partial charge in [0.15, 0.2) is 11.6 Å². The average Bonchev–Trinajstić information content (AvgIpc) is 2.67. The fourth-order valence-corrected chi connectivity index (χ4v) is 2.12. The Morgan fingerprint density at radius 2 is 2.16 bits per heavy atom. The highest BCUT2D eigenvalue weighted by Gasteiger charge is 2.15. The van der Waals surface area contributed by atoms with Gasteiger partial charge in [-0.25, -0.2) is 9.37 Å². The van der Waals surface area contributed by atoms with E-state index in [0.29, 0.717) is 13.0 Å². The van der Waals surface area contributed by atoms with Crippen molar-refractivity contribution in [2.75, 3.05) is 13.7 Å². The number of rotatable bonds is 4. The minimum absolute atomic E-state index is 0.233. The number of halogens is 1. The predicted molar refractivity (Wildman–Crippen MR) is 72.6 cm³/mol. The standard InChI is InChI=1S/C14H18FN3O/c1-9-17-14(12(6-7-16)18(9)2)10-4-5-13(19-3)11(15)8-10/h4-5,8H,6-7,16H2,1-3H3. The van der Waals surface area contributed by atoms with E-state index in [-0.39, 0.29) is 11.6 Å². The van der Waals surface area contributed by atoms with Crippen LogP contribution in [0.25, 0.3) is 11.3 Å². The van der Waals surface area contributed by atoms with Crippen molar-refractivity contribution < 1.29 is 9.13 Å². The summed E-state index contributed by atoms with van der Waals surface area (Å²) >= 11 is 0. The molecule has 102 valence electrons. The fraction of sp³-hybridized carbons (Fsp3) is 0.357. The van der Waals surface area contributed by atoms with E-state index in [1.54, 1.807) is 6.07 Å². The summed E-state index contributed by atoms with van der Waals surface area (Å²) < 4.78 is 20.7. The Morgan fingerprint density at radius 1 is 1.42 bits per heavy atom.